The first-order valence-electron chi connectivity index (χ1n) is 5.61. The minimum atomic E-state index is -3.56. The first-order valence-corrected chi connectivity index (χ1v) is 9.50. The average molecular weight is 369 g/mol. The Kier molecular flexibility index (Phi) is 5.97. The summed E-state index contributed by atoms with van der Waals surface area (Å²) in [6.45, 7) is 2.08. The number of nitrogen functional groups attached to an aromatic ring is 1. The largest absolute Gasteiger partial charge is 0.398 e. The lowest BCUT2D eigenvalue weighted by molar-refractivity contribution is 0.578. The first kappa shape index (κ1) is 16.6. The number of sulfonamides is 1. The molecule has 3 N–H and O–H groups in total. The third-order valence-electron chi connectivity index (χ3n) is 2.69. The minimum Gasteiger partial charge on any atom is -0.398 e. The number of halogens is 1. The Morgan fingerprint density at radius 1 is 1.47 bits per heavy atom. The lowest BCUT2D eigenvalue weighted by atomic mass is 10.3. The molecule has 0 aliphatic carbocycles. The van der Waals surface area contributed by atoms with Crippen LogP contribution in [0.1, 0.15) is 13.3 Å². The molecule has 0 radical (unpaired) electrons. The van der Waals surface area contributed by atoms with Crippen LogP contribution in [-0.2, 0) is 20.8 Å². The molecule has 0 aliphatic rings. The lowest BCUT2D eigenvalue weighted by Gasteiger charge is -2.10. The number of nitrogens with two attached hydrogens (primary N) is 1. The highest BCUT2D eigenvalue weighted by Gasteiger charge is 2.15. The molecule has 1 aromatic rings. The lowest BCUT2D eigenvalue weighted by Crippen LogP contribution is -2.27. The fourth-order valence-corrected chi connectivity index (χ4v) is 3.37. The SMILES string of the molecule is CC(CCNS(=O)(=O)c1ccc(N)c(Br)c1)S(C)=O. The summed E-state index contributed by atoms with van der Waals surface area (Å²) in [6, 6.07) is 4.44. The molecule has 0 spiro atoms. The monoisotopic (exact) mass is 368 g/mol. The van der Waals surface area contributed by atoms with E-state index in [0.717, 1.165) is 0 Å². The van der Waals surface area contributed by atoms with Gasteiger partial charge in [-0.2, -0.15) is 0 Å². The summed E-state index contributed by atoms with van der Waals surface area (Å²) in [5, 5.41) is -0.0409. The van der Waals surface area contributed by atoms with Crippen molar-refractivity contribution in [3.8, 4) is 0 Å². The second-order valence-electron chi connectivity index (χ2n) is 4.18. The van der Waals surface area contributed by atoms with Gasteiger partial charge in [0, 0.05) is 39.0 Å². The van der Waals surface area contributed by atoms with Crippen LogP contribution in [0.25, 0.3) is 0 Å². The second-order valence-corrected chi connectivity index (χ2v) is 8.60. The second kappa shape index (κ2) is 6.83. The average Bonchev–Trinajstić information content (AvgIpc) is 2.32. The fourth-order valence-electron chi connectivity index (χ4n) is 1.32. The highest BCUT2D eigenvalue weighted by Crippen LogP contribution is 2.22. The van der Waals surface area contributed by atoms with Gasteiger partial charge in [0.1, 0.15) is 0 Å². The van der Waals surface area contributed by atoms with Crippen molar-refractivity contribution in [2.45, 2.75) is 23.5 Å². The van der Waals surface area contributed by atoms with Crippen molar-refractivity contribution in [2.24, 2.45) is 0 Å². The summed E-state index contributed by atoms with van der Waals surface area (Å²) in [4.78, 5) is 0.152. The van der Waals surface area contributed by atoms with E-state index in [0.29, 0.717) is 16.6 Å². The van der Waals surface area contributed by atoms with E-state index in [1.807, 2.05) is 6.92 Å². The predicted octanol–water partition coefficient (Wildman–Crippen LogP) is 1.47. The van der Waals surface area contributed by atoms with Crippen molar-refractivity contribution in [2.75, 3.05) is 18.5 Å². The van der Waals surface area contributed by atoms with Crippen LogP contribution in [0.2, 0.25) is 0 Å². The van der Waals surface area contributed by atoms with Gasteiger partial charge < -0.3 is 5.73 Å². The maximum atomic E-state index is 12.0. The summed E-state index contributed by atoms with van der Waals surface area (Å²) in [5.41, 5.74) is 6.09. The zero-order valence-corrected chi connectivity index (χ0v) is 13.9. The van der Waals surface area contributed by atoms with Crippen LogP contribution in [0.4, 0.5) is 5.69 Å². The molecule has 2 unspecified atom stereocenters. The maximum absolute atomic E-state index is 12.0. The molecule has 108 valence electrons. The Morgan fingerprint density at radius 2 is 2.11 bits per heavy atom. The Balaban J connectivity index is 2.71. The summed E-state index contributed by atoms with van der Waals surface area (Å²) < 4.78 is 38.2. The van der Waals surface area contributed by atoms with E-state index in [1.54, 1.807) is 6.26 Å². The summed E-state index contributed by atoms with van der Waals surface area (Å²) in [7, 11) is -4.50. The van der Waals surface area contributed by atoms with E-state index < -0.39 is 20.8 Å². The third kappa shape index (κ3) is 4.87. The number of benzene rings is 1. The zero-order chi connectivity index (χ0) is 14.6. The smallest absolute Gasteiger partial charge is 0.240 e. The third-order valence-corrected chi connectivity index (χ3v) is 6.21. The van der Waals surface area contributed by atoms with Gasteiger partial charge in [0.05, 0.1) is 4.90 Å². The highest BCUT2D eigenvalue weighted by atomic mass is 79.9. The molecule has 1 rings (SSSR count). The highest BCUT2D eigenvalue weighted by molar-refractivity contribution is 9.10. The van der Waals surface area contributed by atoms with E-state index in [2.05, 4.69) is 20.7 Å². The van der Waals surface area contributed by atoms with Crippen LogP contribution in [0.3, 0.4) is 0 Å². The minimum absolute atomic E-state index is 0.0409. The van der Waals surface area contributed by atoms with Crippen LogP contribution in [0.15, 0.2) is 27.6 Å². The van der Waals surface area contributed by atoms with Gasteiger partial charge in [-0.15, -0.1) is 0 Å². The van der Waals surface area contributed by atoms with Crippen molar-refractivity contribution in [3.63, 3.8) is 0 Å². The summed E-state index contributed by atoms with van der Waals surface area (Å²) in [6.07, 6.45) is 2.13. The number of anilines is 1. The molecular formula is C11H17BrN2O3S2. The number of hydrogen-bond acceptors (Lipinski definition) is 4. The van der Waals surface area contributed by atoms with Crippen molar-refractivity contribution < 1.29 is 12.6 Å². The Labute approximate surface area is 124 Å². The Hall–Kier alpha value is -0.440. The van der Waals surface area contributed by atoms with Gasteiger partial charge in [-0.3, -0.25) is 4.21 Å². The molecular weight excluding hydrogens is 352 g/mol. The fraction of sp³-hybridized carbons (Fsp3) is 0.455. The van der Waals surface area contributed by atoms with Gasteiger partial charge in [-0.25, -0.2) is 13.1 Å². The van der Waals surface area contributed by atoms with Crippen LogP contribution in [0, 0.1) is 0 Å². The molecule has 0 aromatic heterocycles. The normalized spacial score (nSPS) is 15.1. The molecule has 0 saturated heterocycles. The van der Waals surface area contributed by atoms with Gasteiger partial charge in [0.15, 0.2) is 0 Å². The summed E-state index contributed by atoms with van der Waals surface area (Å²) in [5.74, 6) is 0. The molecule has 8 heteroatoms. The maximum Gasteiger partial charge on any atom is 0.240 e. The number of hydrogen-bond donors (Lipinski definition) is 2. The van der Waals surface area contributed by atoms with Gasteiger partial charge in [0.2, 0.25) is 10.0 Å². The molecule has 0 amide bonds. The van der Waals surface area contributed by atoms with Crippen molar-refractivity contribution in [1.29, 1.82) is 0 Å². The van der Waals surface area contributed by atoms with Gasteiger partial charge in [-0.05, 0) is 40.5 Å². The predicted molar refractivity (Wildman–Crippen MR) is 81.9 cm³/mol. The van der Waals surface area contributed by atoms with E-state index in [9.17, 15) is 12.6 Å². The standard InChI is InChI=1S/C11H17BrN2O3S2/c1-8(18(2)15)5-6-14-19(16,17)9-3-4-11(13)10(12)7-9/h3-4,7-8,14H,5-6,13H2,1-2H3. The van der Waals surface area contributed by atoms with Crippen LogP contribution >= 0.6 is 15.9 Å². The molecule has 0 aliphatic heterocycles. The van der Waals surface area contributed by atoms with Crippen molar-refractivity contribution in [1.82, 2.24) is 4.72 Å². The molecule has 0 saturated carbocycles. The topological polar surface area (TPSA) is 89.3 Å². The molecule has 0 bridgehead atoms. The van der Waals surface area contributed by atoms with E-state index in [4.69, 9.17) is 5.73 Å². The van der Waals surface area contributed by atoms with Crippen molar-refractivity contribution >= 4 is 42.4 Å². The molecule has 5 nitrogen and oxygen atoms in total. The van der Waals surface area contributed by atoms with E-state index in [1.165, 1.54) is 18.2 Å². The number of rotatable bonds is 6. The molecule has 0 heterocycles. The molecule has 2 atom stereocenters. The van der Waals surface area contributed by atoms with Gasteiger partial charge in [0.25, 0.3) is 0 Å². The summed E-state index contributed by atoms with van der Waals surface area (Å²) >= 11 is 3.19. The van der Waals surface area contributed by atoms with Gasteiger partial charge in [-0.1, -0.05) is 6.92 Å². The van der Waals surface area contributed by atoms with Crippen LogP contribution in [0.5, 0.6) is 0 Å². The quantitative estimate of drug-likeness (QED) is 0.743. The van der Waals surface area contributed by atoms with Crippen LogP contribution < -0.4 is 10.5 Å². The Morgan fingerprint density at radius 3 is 2.63 bits per heavy atom. The first-order chi connectivity index (χ1) is 8.74. The molecule has 1 aromatic carbocycles. The number of nitrogens with one attached hydrogen (secondary N) is 1. The molecule has 0 fully saturated rings. The van der Waals surface area contributed by atoms with E-state index >= 15 is 0 Å². The molecule has 19 heavy (non-hydrogen) atoms. The van der Waals surface area contributed by atoms with Crippen LogP contribution in [-0.4, -0.2) is 30.7 Å². The van der Waals surface area contributed by atoms with Gasteiger partial charge >= 0.3 is 0 Å². The zero-order valence-electron chi connectivity index (χ0n) is 10.7. The van der Waals surface area contributed by atoms with Crippen molar-refractivity contribution in [3.05, 3.63) is 22.7 Å². The van der Waals surface area contributed by atoms with E-state index in [-0.39, 0.29) is 16.7 Å². The Bertz CT molecular complexity index is 575.